The third-order valence-corrected chi connectivity index (χ3v) is 11.8. The van der Waals surface area contributed by atoms with E-state index in [1.807, 2.05) is 4.90 Å². The number of hydrogen-bond donors (Lipinski definition) is 0. The summed E-state index contributed by atoms with van der Waals surface area (Å²) in [6, 6.07) is 6.28. The predicted molar refractivity (Wildman–Crippen MR) is 141 cm³/mol. The van der Waals surface area contributed by atoms with Crippen molar-refractivity contribution in [1.29, 1.82) is 0 Å². The minimum atomic E-state index is -0.0598. The summed E-state index contributed by atoms with van der Waals surface area (Å²) in [5, 5.41) is 0.832. The van der Waals surface area contributed by atoms with E-state index < -0.39 is 0 Å². The minimum absolute atomic E-state index is 0.0204. The summed E-state index contributed by atoms with van der Waals surface area (Å²) in [6.45, 7) is 10.6. The van der Waals surface area contributed by atoms with Gasteiger partial charge in [0.05, 0.1) is 11.4 Å². The van der Waals surface area contributed by atoms with Crippen LogP contribution >= 0.6 is 11.3 Å². The topological polar surface area (TPSA) is 50.3 Å². The molecule has 2 aromatic rings. The van der Waals surface area contributed by atoms with Crippen molar-refractivity contribution in [2.45, 2.75) is 91.9 Å². The maximum Gasteiger partial charge on any atom is 0.230 e. The lowest BCUT2D eigenvalue weighted by Crippen LogP contribution is -2.52. The quantitative estimate of drug-likeness (QED) is 0.444. The number of carbonyl (C=O) groups is 2. The summed E-state index contributed by atoms with van der Waals surface area (Å²) >= 11 is 1.76. The highest BCUT2D eigenvalue weighted by Crippen LogP contribution is 2.67. The zero-order valence-corrected chi connectivity index (χ0v) is 22.6. The number of aryl methyl sites for hydroxylation is 3. The molecule has 6 rings (SSSR count). The standard InChI is InChI=1S/C30H38N2O2S/c1-17-6-10-25(18(2)16-17)32(19(3)33)28-31-24-13-15-29(4)22-12-14-30(5)21(9-11-26(30)34)20(22)7-8-23(29)27(24)35-28/h6,10,16,20-23H,7-9,11-15H2,1-5H3/t20-,21-,22-,23?,29+,30-/m0/s1. The van der Waals surface area contributed by atoms with E-state index >= 15 is 0 Å². The lowest BCUT2D eigenvalue weighted by Gasteiger charge is -2.59. The van der Waals surface area contributed by atoms with Crippen LogP contribution in [0.1, 0.15) is 93.3 Å². The van der Waals surface area contributed by atoms with E-state index in [4.69, 9.17) is 4.98 Å². The first-order valence-electron chi connectivity index (χ1n) is 13.5. The molecule has 4 nitrogen and oxygen atoms in total. The van der Waals surface area contributed by atoms with Crippen LogP contribution in [0.5, 0.6) is 0 Å². The van der Waals surface area contributed by atoms with Gasteiger partial charge in [0.25, 0.3) is 0 Å². The van der Waals surface area contributed by atoms with Crippen LogP contribution < -0.4 is 4.90 Å². The monoisotopic (exact) mass is 490 g/mol. The summed E-state index contributed by atoms with van der Waals surface area (Å²) in [5.74, 6) is 3.05. The van der Waals surface area contributed by atoms with Crippen LogP contribution in [0.25, 0.3) is 0 Å². The molecule has 1 amide bonds. The Labute approximate surface area is 213 Å². The van der Waals surface area contributed by atoms with Crippen molar-refractivity contribution >= 4 is 33.8 Å². The largest absolute Gasteiger partial charge is 0.299 e. The second kappa shape index (κ2) is 7.99. The number of fused-ring (bicyclic) bond motifs is 7. The van der Waals surface area contributed by atoms with Gasteiger partial charge < -0.3 is 0 Å². The number of carbonyl (C=O) groups excluding carboxylic acids is 2. The van der Waals surface area contributed by atoms with E-state index in [0.717, 1.165) is 42.1 Å². The molecular formula is C30H38N2O2S. The number of benzene rings is 1. The fourth-order valence-corrected chi connectivity index (χ4v) is 10.2. The molecule has 5 heteroatoms. The number of hydrogen-bond acceptors (Lipinski definition) is 4. The Morgan fingerprint density at radius 3 is 2.60 bits per heavy atom. The minimum Gasteiger partial charge on any atom is -0.299 e. The molecule has 1 aromatic heterocycles. The average molecular weight is 491 g/mol. The van der Waals surface area contributed by atoms with Gasteiger partial charge in [-0.2, -0.15) is 0 Å². The maximum atomic E-state index is 12.9. The van der Waals surface area contributed by atoms with Gasteiger partial charge in [0, 0.05) is 29.6 Å². The molecule has 0 aliphatic heterocycles. The van der Waals surface area contributed by atoms with Crippen LogP contribution in [0, 0.1) is 42.4 Å². The molecule has 1 unspecified atom stereocenters. The molecule has 0 N–H and O–H groups in total. The second-order valence-electron chi connectivity index (χ2n) is 12.4. The van der Waals surface area contributed by atoms with Gasteiger partial charge in [-0.25, -0.2) is 4.98 Å². The van der Waals surface area contributed by atoms with Crippen molar-refractivity contribution in [3.05, 3.63) is 39.9 Å². The van der Waals surface area contributed by atoms with E-state index in [0.29, 0.717) is 29.5 Å². The third-order valence-electron chi connectivity index (χ3n) is 10.6. The van der Waals surface area contributed by atoms with E-state index in [-0.39, 0.29) is 16.7 Å². The van der Waals surface area contributed by atoms with Gasteiger partial charge in [-0.05, 0) is 93.6 Å². The van der Waals surface area contributed by atoms with Crippen LogP contribution in [0.4, 0.5) is 10.8 Å². The van der Waals surface area contributed by atoms with Gasteiger partial charge >= 0.3 is 0 Å². The van der Waals surface area contributed by atoms with E-state index in [2.05, 4.69) is 45.9 Å². The van der Waals surface area contributed by atoms with Gasteiger partial charge in [0.15, 0.2) is 5.13 Å². The zero-order chi connectivity index (χ0) is 24.7. The van der Waals surface area contributed by atoms with Crippen molar-refractivity contribution in [3.8, 4) is 0 Å². The average Bonchev–Trinajstić information content (AvgIpc) is 3.35. The normalized spacial score (nSPS) is 35.6. The highest BCUT2D eigenvalue weighted by atomic mass is 32.1. The molecule has 1 aromatic carbocycles. The first-order valence-corrected chi connectivity index (χ1v) is 14.4. The molecule has 35 heavy (non-hydrogen) atoms. The molecule has 0 bridgehead atoms. The summed E-state index contributed by atoms with van der Waals surface area (Å²) in [5.41, 5.74) is 4.68. The summed E-state index contributed by atoms with van der Waals surface area (Å²) in [4.78, 5) is 34.0. The number of amides is 1. The fraction of sp³-hybridized carbons (Fsp3) is 0.633. The van der Waals surface area contributed by atoms with Gasteiger partial charge in [-0.1, -0.05) is 31.5 Å². The van der Waals surface area contributed by atoms with Crippen molar-refractivity contribution < 1.29 is 9.59 Å². The SMILES string of the molecule is CC(=O)N(c1nc2c(s1)C1CC[C@@H]3[C@H](CC[C@]4(C)C(=O)CC[C@@H]34)[C@@]1(C)CC2)c1ccc(C)cc1C. The highest BCUT2D eigenvalue weighted by molar-refractivity contribution is 7.16. The first-order chi connectivity index (χ1) is 16.6. The number of aromatic nitrogens is 1. The van der Waals surface area contributed by atoms with Crippen LogP contribution in [0.15, 0.2) is 18.2 Å². The van der Waals surface area contributed by atoms with E-state index in [1.54, 1.807) is 18.3 Å². The number of rotatable bonds is 2. The summed E-state index contributed by atoms with van der Waals surface area (Å²) in [7, 11) is 0. The predicted octanol–water partition coefficient (Wildman–Crippen LogP) is 7.29. The van der Waals surface area contributed by atoms with E-state index in [9.17, 15) is 9.59 Å². The molecular weight excluding hydrogens is 452 g/mol. The van der Waals surface area contributed by atoms with Crippen molar-refractivity contribution in [2.24, 2.45) is 28.6 Å². The molecule has 6 atom stereocenters. The highest BCUT2D eigenvalue weighted by Gasteiger charge is 2.60. The Balaban J connectivity index is 1.35. The van der Waals surface area contributed by atoms with Crippen LogP contribution in [-0.4, -0.2) is 16.7 Å². The van der Waals surface area contributed by atoms with Crippen LogP contribution in [0.2, 0.25) is 0 Å². The number of nitrogens with zero attached hydrogens (tertiary/aromatic N) is 2. The Kier molecular flexibility index (Phi) is 5.34. The number of ketones is 1. The number of Topliss-reactive ketones (excluding diaryl/α,β-unsaturated/α-hetero) is 1. The van der Waals surface area contributed by atoms with Crippen LogP contribution in [0.3, 0.4) is 0 Å². The summed E-state index contributed by atoms with van der Waals surface area (Å²) in [6.07, 6.45) is 8.78. The molecule has 186 valence electrons. The van der Waals surface area contributed by atoms with Crippen molar-refractivity contribution in [3.63, 3.8) is 0 Å². The lowest BCUT2D eigenvalue weighted by molar-refractivity contribution is -0.134. The molecule has 0 spiro atoms. The van der Waals surface area contributed by atoms with Crippen LogP contribution in [-0.2, 0) is 16.0 Å². The van der Waals surface area contributed by atoms with Crippen molar-refractivity contribution in [1.82, 2.24) is 4.98 Å². The first kappa shape index (κ1) is 23.4. The fourth-order valence-electron chi connectivity index (χ4n) is 8.77. The molecule has 1 heterocycles. The van der Waals surface area contributed by atoms with Crippen molar-refractivity contribution in [2.75, 3.05) is 4.90 Å². The molecule has 0 radical (unpaired) electrons. The van der Waals surface area contributed by atoms with Gasteiger partial charge in [0.2, 0.25) is 5.91 Å². The van der Waals surface area contributed by atoms with Gasteiger partial charge in [-0.3, -0.25) is 14.5 Å². The molecule has 4 aliphatic carbocycles. The molecule has 0 saturated heterocycles. The second-order valence-corrected chi connectivity index (χ2v) is 13.4. The number of thiazole rings is 1. The Hall–Kier alpha value is -2.01. The van der Waals surface area contributed by atoms with Gasteiger partial charge in [0.1, 0.15) is 5.78 Å². The maximum absolute atomic E-state index is 12.9. The zero-order valence-electron chi connectivity index (χ0n) is 21.8. The van der Waals surface area contributed by atoms with Gasteiger partial charge in [-0.15, -0.1) is 11.3 Å². The Bertz CT molecular complexity index is 1220. The Morgan fingerprint density at radius 2 is 1.86 bits per heavy atom. The van der Waals surface area contributed by atoms with E-state index in [1.165, 1.54) is 41.8 Å². The Morgan fingerprint density at radius 1 is 1.06 bits per heavy atom. The summed E-state index contributed by atoms with van der Waals surface area (Å²) < 4.78 is 0. The molecule has 4 aliphatic rings. The molecule has 3 saturated carbocycles. The third kappa shape index (κ3) is 3.33. The number of anilines is 2. The smallest absolute Gasteiger partial charge is 0.230 e. The molecule has 3 fully saturated rings. The lowest BCUT2D eigenvalue weighted by atomic mass is 9.46.